The zero-order valence-corrected chi connectivity index (χ0v) is 20.4. The SMILES string of the molecule is CCCCCOc1c(OC)ccc2c(O)n(CCc3ccc(OCc4ccccc4)cc3)c(O)c12. The Bertz CT molecular complexity index is 1230. The molecule has 4 aromatic rings. The Kier molecular flexibility index (Phi) is 8.03. The number of aromatic hydroxyl groups is 2. The second-order valence-electron chi connectivity index (χ2n) is 8.54. The van der Waals surface area contributed by atoms with Crippen molar-refractivity contribution in [1.29, 1.82) is 0 Å². The van der Waals surface area contributed by atoms with Gasteiger partial charge in [0.15, 0.2) is 11.5 Å². The van der Waals surface area contributed by atoms with E-state index in [1.165, 1.54) is 4.57 Å². The van der Waals surface area contributed by atoms with Crippen molar-refractivity contribution in [2.75, 3.05) is 13.7 Å². The summed E-state index contributed by atoms with van der Waals surface area (Å²) in [7, 11) is 1.57. The summed E-state index contributed by atoms with van der Waals surface area (Å²) >= 11 is 0. The first-order chi connectivity index (χ1) is 17.1. The number of unbranched alkanes of at least 4 members (excludes halogenated alkanes) is 2. The average molecular weight is 476 g/mol. The Balaban J connectivity index is 1.47. The number of rotatable bonds is 12. The number of methoxy groups -OCH3 is 1. The summed E-state index contributed by atoms with van der Waals surface area (Å²) < 4.78 is 18.8. The third-order valence-corrected chi connectivity index (χ3v) is 6.11. The molecular formula is C29H33NO5. The molecule has 6 heteroatoms. The van der Waals surface area contributed by atoms with Crippen LogP contribution in [0.4, 0.5) is 0 Å². The Morgan fingerprint density at radius 3 is 2.29 bits per heavy atom. The Labute approximate surface area is 206 Å². The molecule has 35 heavy (non-hydrogen) atoms. The van der Waals surface area contributed by atoms with Gasteiger partial charge in [-0.25, -0.2) is 0 Å². The molecule has 0 amide bonds. The monoisotopic (exact) mass is 475 g/mol. The van der Waals surface area contributed by atoms with Gasteiger partial charge in [0, 0.05) is 6.54 Å². The summed E-state index contributed by atoms with van der Waals surface area (Å²) in [6.07, 6.45) is 3.69. The van der Waals surface area contributed by atoms with Crippen molar-refractivity contribution in [2.24, 2.45) is 0 Å². The Morgan fingerprint density at radius 2 is 1.57 bits per heavy atom. The largest absolute Gasteiger partial charge is 0.494 e. The number of ether oxygens (including phenoxy) is 3. The summed E-state index contributed by atoms with van der Waals surface area (Å²) in [6.45, 7) is 3.59. The lowest BCUT2D eigenvalue weighted by atomic mass is 10.1. The van der Waals surface area contributed by atoms with E-state index in [2.05, 4.69) is 6.92 Å². The van der Waals surface area contributed by atoms with Crippen molar-refractivity contribution < 1.29 is 24.4 Å². The first-order valence-corrected chi connectivity index (χ1v) is 12.1. The fourth-order valence-corrected chi connectivity index (χ4v) is 4.13. The quantitative estimate of drug-likeness (QED) is 0.230. The van der Waals surface area contributed by atoms with E-state index in [1.807, 2.05) is 54.6 Å². The van der Waals surface area contributed by atoms with Gasteiger partial charge >= 0.3 is 0 Å². The van der Waals surface area contributed by atoms with E-state index in [1.54, 1.807) is 19.2 Å². The number of benzene rings is 3. The highest BCUT2D eigenvalue weighted by Crippen LogP contribution is 2.46. The van der Waals surface area contributed by atoms with Crippen molar-refractivity contribution in [3.63, 3.8) is 0 Å². The highest BCUT2D eigenvalue weighted by Gasteiger charge is 2.22. The third-order valence-electron chi connectivity index (χ3n) is 6.11. The Hall–Kier alpha value is -3.80. The summed E-state index contributed by atoms with van der Waals surface area (Å²) in [4.78, 5) is 0. The minimum absolute atomic E-state index is 0.0152. The molecule has 0 aliphatic carbocycles. The lowest BCUT2D eigenvalue weighted by Crippen LogP contribution is -2.01. The van der Waals surface area contributed by atoms with E-state index < -0.39 is 0 Å². The standard InChI is InChI=1S/C29H33NO5/c1-3-4-8-19-34-27-25(33-2)16-15-24-26(27)29(32)30(28(24)31)18-17-21-11-13-23(14-12-21)35-20-22-9-6-5-7-10-22/h5-7,9-16,31-32H,3-4,8,17-20H2,1-2H3. The van der Waals surface area contributed by atoms with Crippen LogP contribution in [0.2, 0.25) is 0 Å². The lowest BCUT2D eigenvalue weighted by molar-refractivity contribution is 0.288. The molecule has 0 atom stereocenters. The molecule has 0 aliphatic heterocycles. The molecule has 0 bridgehead atoms. The maximum Gasteiger partial charge on any atom is 0.206 e. The number of fused-ring (bicyclic) bond motifs is 1. The zero-order chi connectivity index (χ0) is 24.6. The molecule has 0 spiro atoms. The lowest BCUT2D eigenvalue weighted by Gasteiger charge is -2.12. The number of hydrogen-bond acceptors (Lipinski definition) is 5. The van der Waals surface area contributed by atoms with Crippen LogP contribution >= 0.6 is 0 Å². The fourth-order valence-electron chi connectivity index (χ4n) is 4.13. The molecule has 0 saturated heterocycles. The van der Waals surface area contributed by atoms with Gasteiger partial charge in [-0.1, -0.05) is 62.2 Å². The van der Waals surface area contributed by atoms with E-state index in [4.69, 9.17) is 14.2 Å². The van der Waals surface area contributed by atoms with Crippen LogP contribution in [0, 0.1) is 0 Å². The maximum atomic E-state index is 11.0. The van der Waals surface area contributed by atoms with Crippen LogP contribution in [0.1, 0.15) is 37.3 Å². The Morgan fingerprint density at radius 1 is 0.800 bits per heavy atom. The molecule has 0 radical (unpaired) electrons. The first kappa shape index (κ1) is 24.3. The molecule has 184 valence electrons. The molecule has 2 N–H and O–H groups in total. The van der Waals surface area contributed by atoms with Crippen molar-refractivity contribution in [1.82, 2.24) is 4.57 Å². The second-order valence-corrected chi connectivity index (χ2v) is 8.54. The van der Waals surface area contributed by atoms with E-state index >= 15 is 0 Å². The van der Waals surface area contributed by atoms with Gasteiger partial charge in [0.2, 0.25) is 11.8 Å². The molecule has 0 unspecified atom stereocenters. The van der Waals surface area contributed by atoms with Crippen molar-refractivity contribution >= 4 is 10.8 Å². The van der Waals surface area contributed by atoms with E-state index in [0.29, 0.717) is 48.5 Å². The smallest absolute Gasteiger partial charge is 0.206 e. The summed E-state index contributed by atoms with van der Waals surface area (Å²) in [6, 6.07) is 21.4. The van der Waals surface area contributed by atoms with Crippen LogP contribution in [0.15, 0.2) is 66.7 Å². The molecule has 1 aromatic heterocycles. The van der Waals surface area contributed by atoms with E-state index in [-0.39, 0.29) is 11.8 Å². The topological polar surface area (TPSA) is 73.1 Å². The molecule has 6 nitrogen and oxygen atoms in total. The minimum atomic E-state index is -0.0234. The molecule has 4 rings (SSSR count). The predicted octanol–water partition coefficient (Wildman–Crippen LogP) is 6.45. The normalized spacial score (nSPS) is 11.0. The molecule has 0 saturated carbocycles. The average Bonchev–Trinajstić information content (AvgIpc) is 3.14. The van der Waals surface area contributed by atoms with Crippen LogP contribution < -0.4 is 14.2 Å². The molecule has 0 fully saturated rings. The van der Waals surface area contributed by atoms with Crippen molar-refractivity contribution in [3.8, 4) is 29.0 Å². The van der Waals surface area contributed by atoms with Gasteiger partial charge in [0.1, 0.15) is 12.4 Å². The minimum Gasteiger partial charge on any atom is -0.494 e. The van der Waals surface area contributed by atoms with Gasteiger partial charge in [-0.05, 0) is 48.2 Å². The molecule has 0 aliphatic rings. The van der Waals surface area contributed by atoms with Gasteiger partial charge in [-0.15, -0.1) is 0 Å². The highest BCUT2D eigenvalue weighted by molar-refractivity contribution is 5.99. The number of hydrogen-bond donors (Lipinski definition) is 2. The van der Waals surface area contributed by atoms with Gasteiger partial charge < -0.3 is 24.4 Å². The van der Waals surface area contributed by atoms with Crippen LogP contribution in [-0.4, -0.2) is 28.5 Å². The molecule has 3 aromatic carbocycles. The van der Waals surface area contributed by atoms with E-state index in [0.717, 1.165) is 36.1 Å². The second kappa shape index (κ2) is 11.6. The summed E-state index contributed by atoms with van der Waals surface area (Å²) in [5.41, 5.74) is 2.19. The van der Waals surface area contributed by atoms with E-state index in [9.17, 15) is 10.2 Å². The van der Waals surface area contributed by atoms with Gasteiger partial charge in [-0.2, -0.15) is 0 Å². The van der Waals surface area contributed by atoms with Crippen molar-refractivity contribution in [2.45, 2.75) is 45.8 Å². The van der Waals surface area contributed by atoms with Crippen molar-refractivity contribution in [3.05, 3.63) is 77.9 Å². The van der Waals surface area contributed by atoms with Gasteiger partial charge in [0.05, 0.1) is 24.5 Å². The van der Waals surface area contributed by atoms with Crippen LogP contribution in [0.25, 0.3) is 10.8 Å². The van der Waals surface area contributed by atoms with Gasteiger partial charge in [-0.3, -0.25) is 4.57 Å². The van der Waals surface area contributed by atoms with Crippen LogP contribution in [-0.2, 0) is 19.6 Å². The number of aromatic nitrogens is 1. The third kappa shape index (κ3) is 5.65. The predicted molar refractivity (Wildman–Crippen MR) is 138 cm³/mol. The summed E-state index contributed by atoms with van der Waals surface area (Å²) in [5.74, 6) is 1.79. The highest BCUT2D eigenvalue weighted by atomic mass is 16.5. The number of nitrogens with zero attached hydrogens (tertiary/aromatic N) is 1. The van der Waals surface area contributed by atoms with Gasteiger partial charge in [0.25, 0.3) is 0 Å². The fraction of sp³-hybridized carbons (Fsp3) is 0.310. The first-order valence-electron chi connectivity index (χ1n) is 12.1. The molecule has 1 heterocycles. The number of aryl methyl sites for hydroxylation is 1. The maximum absolute atomic E-state index is 11.0. The zero-order valence-electron chi connectivity index (χ0n) is 20.4. The van der Waals surface area contributed by atoms with Crippen LogP contribution in [0.5, 0.6) is 29.0 Å². The molecular weight excluding hydrogens is 442 g/mol. The van der Waals surface area contributed by atoms with Crippen LogP contribution in [0.3, 0.4) is 0 Å². The summed E-state index contributed by atoms with van der Waals surface area (Å²) in [5, 5.41) is 22.9.